The lowest BCUT2D eigenvalue weighted by Crippen LogP contribution is -2.41. The van der Waals surface area contributed by atoms with E-state index in [1.54, 1.807) is 0 Å². The molecule has 0 aromatic heterocycles. The van der Waals surface area contributed by atoms with Crippen LogP contribution in [0, 0.1) is 11.3 Å². The zero-order chi connectivity index (χ0) is 32.6. The van der Waals surface area contributed by atoms with Crippen molar-refractivity contribution in [3.05, 3.63) is 157 Å². The normalized spacial score (nSPS) is 16.9. The summed E-state index contributed by atoms with van der Waals surface area (Å²) in [5.41, 5.74) is 9.36. The fraction of sp³-hybridized carbons (Fsp3) is 0.200. The molecule has 0 bridgehead atoms. The summed E-state index contributed by atoms with van der Waals surface area (Å²) in [5, 5.41) is 23.8. The minimum absolute atomic E-state index is 0.0626. The number of benzene rings is 6. The van der Waals surface area contributed by atoms with Crippen molar-refractivity contribution in [2.24, 2.45) is 11.3 Å². The van der Waals surface area contributed by atoms with Crippen molar-refractivity contribution in [1.82, 2.24) is 0 Å². The van der Waals surface area contributed by atoms with Crippen molar-refractivity contribution >= 4 is 0 Å². The fourth-order valence-electron chi connectivity index (χ4n) is 8.35. The summed E-state index contributed by atoms with van der Waals surface area (Å²) in [6.45, 7) is 7.16. The van der Waals surface area contributed by atoms with Crippen molar-refractivity contribution in [3.63, 3.8) is 0 Å². The highest BCUT2D eigenvalue weighted by molar-refractivity contribution is 5.86. The van der Waals surface area contributed by atoms with Crippen LogP contribution in [0.2, 0.25) is 0 Å². The number of hydrogen-bond acceptors (Lipinski definition) is 2. The molecule has 1 aliphatic carbocycles. The molecule has 2 nitrogen and oxygen atoms in total. The molecule has 234 valence electrons. The third-order valence-electron chi connectivity index (χ3n) is 10.0. The quantitative estimate of drug-likeness (QED) is 0.196. The van der Waals surface area contributed by atoms with Crippen LogP contribution in [0.25, 0.3) is 44.5 Å². The Morgan fingerprint density at radius 2 is 0.766 bits per heavy atom. The second-order valence-electron chi connectivity index (χ2n) is 14.2. The van der Waals surface area contributed by atoms with Gasteiger partial charge in [-0.25, -0.2) is 0 Å². The van der Waals surface area contributed by atoms with Crippen LogP contribution in [0.5, 0.6) is 11.5 Å². The van der Waals surface area contributed by atoms with Crippen LogP contribution >= 0.6 is 0 Å². The highest BCUT2D eigenvalue weighted by Crippen LogP contribution is 2.57. The van der Waals surface area contributed by atoms with Gasteiger partial charge in [0.1, 0.15) is 11.5 Å². The Bertz CT molecular complexity index is 1740. The van der Waals surface area contributed by atoms with Crippen LogP contribution in [0.1, 0.15) is 51.2 Å². The molecule has 1 saturated carbocycles. The van der Waals surface area contributed by atoms with Crippen LogP contribution < -0.4 is 0 Å². The predicted molar refractivity (Wildman–Crippen MR) is 196 cm³/mol. The summed E-state index contributed by atoms with van der Waals surface area (Å²) in [7, 11) is 0. The van der Waals surface area contributed by atoms with Gasteiger partial charge in [-0.05, 0) is 88.2 Å². The van der Waals surface area contributed by atoms with Gasteiger partial charge in [0.2, 0.25) is 0 Å². The lowest BCUT2D eigenvalue weighted by Gasteiger charge is -2.49. The van der Waals surface area contributed by atoms with Gasteiger partial charge < -0.3 is 10.2 Å². The maximum absolute atomic E-state index is 11.9. The van der Waals surface area contributed by atoms with Gasteiger partial charge in [0.25, 0.3) is 0 Å². The average molecular weight is 615 g/mol. The Labute approximate surface area is 279 Å². The predicted octanol–water partition coefficient (Wildman–Crippen LogP) is 11.9. The zero-order valence-corrected chi connectivity index (χ0v) is 27.4. The van der Waals surface area contributed by atoms with E-state index in [0.29, 0.717) is 17.4 Å². The van der Waals surface area contributed by atoms with Crippen LogP contribution in [-0.4, -0.2) is 10.2 Å². The molecular formula is C45H42O2. The van der Waals surface area contributed by atoms with Crippen molar-refractivity contribution in [2.45, 2.75) is 45.4 Å². The molecule has 1 unspecified atom stereocenters. The lowest BCUT2D eigenvalue weighted by molar-refractivity contribution is 0.127. The van der Waals surface area contributed by atoms with E-state index >= 15 is 0 Å². The van der Waals surface area contributed by atoms with Crippen molar-refractivity contribution in [1.29, 1.82) is 0 Å². The SMILES string of the molecule is CC1CC(C)(C)CC(c2cc(-c3ccccc3)c(O)c(-c3ccccc3)c2)(c2cc(-c3ccccc3)c(O)c(-c3ccccc3)c2)C1. The maximum atomic E-state index is 11.9. The largest absolute Gasteiger partial charge is 0.507 e. The fourth-order valence-corrected chi connectivity index (χ4v) is 8.35. The monoisotopic (exact) mass is 614 g/mol. The van der Waals surface area contributed by atoms with Gasteiger partial charge in [-0.2, -0.15) is 0 Å². The van der Waals surface area contributed by atoms with E-state index in [9.17, 15) is 10.2 Å². The van der Waals surface area contributed by atoms with E-state index in [1.165, 1.54) is 11.1 Å². The molecule has 0 heterocycles. The van der Waals surface area contributed by atoms with Gasteiger partial charge in [-0.1, -0.05) is 142 Å². The third kappa shape index (κ3) is 5.85. The van der Waals surface area contributed by atoms with E-state index in [-0.39, 0.29) is 10.8 Å². The van der Waals surface area contributed by atoms with Crippen LogP contribution in [-0.2, 0) is 5.41 Å². The summed E-state index contributed by atoms with van der Waals surface area (Å²) in [6, 6.07) is 49.9. The highest BCUT2D eigenvalue weighted by atomic mass is 16.3. The second kappa shape index (κ2) is 12.3. The Balaban J connectivity index is 1.57. The van der Waals surface area contributed by atoms with Gasteiger partial charge in [-0.3, -0.25) is 0 Å². The maximum Gasteiger partial charge on any atom is 0.131 e. The molecule has 0 saturated heterocycles. The number of rotatable bonds is 6. The third-order valence-corrected chi connectivity index (χ3v) is 10.0. The summed E-state index contributed by atoms with van der Waals surface area (Å²) in [6.07, 6.45) is 3.03. The molecule has 0 spiro atoms. The van der Waals surface area contributed by atoms with Crippen LogP contribution in [0.4, 0.5) is 0 Å². The van der Waals surface area contributed by atoms with Gasteiger partial charge in [0, 0.05) is 27.7 Å². The number of hydrogen-bond donors (Lipinski definition) is 2. The molecule has 0 amide bonds. The van der Waals surface area contributed by atoms with E-state index in [4.69, 9.17) is 0 Å². The smallest absolute Gasteiger partial charge is 0.131 e. The molecular weight excluding hydrogens is 572 g/mol. The Hall–Kier alpha value is -5.08. The molecule has 6 aromatic rings. The molecule has 2 heteroatoms. The van der Waals surface area contributed by atoms with Crippen LogP contribution in [0.15, 0.2) is 146 Å². The molecule has 1 atom stereocenters. The van der Waals surface area contributed by atoms with E-state index in [2.05, 4.69) is 93.6 Å². The number of phenolic OH excluding ortho intramolecular Hbond substituents is 2. The highest BCUT2D eigenvalue weighted by Gasteiger charge is 2.46. The van der Waals surface area contributed by atoms with E-state index in [0.717, 1.165) is 63.8 Å². The average Bonchev–Trinajstić information content (AvgIpc) is 3.09. The van der Waals surface area contributed by atoms with Gasteiger partial charge in [-0.15, -0.1) is 0 Å². The molecule has 1 fully saturated rings. The summed E-state index contributed by atoms with van der Waals surface area (Å²) in [4.78, 5) is 0. The van der Waals surface area contributed by atoms with Crippen molar-refractivity contribution in [3.8, 4) is 56.0 Å². The van der Waals surface area contributed by atoms with Gasteiger partial charge in [0.15, 0.2) is 0 Å². The second-order valence-corrected chi connectivity index (χ2v) is 14.2. The van der Waals surface area contributed by atoms with E-state index in [1.807, 2.05) is 72.8 Å². The van der Waals surface area contributed by atoms with Crippen LogP contribution in [0.3, 0.4) is 0 Å². The summed E-state index contributed by atoms with van der Waals surface area (Å²) in [5.74, 6) is 1.05. The minimum Gasteiger partial charge on any atom is -0.507 e. The first kappa shape index (κ1) is 30.6. The summed E-state index contributed by atoms with van der Waals surface area (Å²) >= 11 is 0. The molecule has 2 N–H and O–H groups in total. The zero-order valence-electron chi connectivity index (χ0n) is 27.4. The first-order chi connectivity index (χ1) is 22.7. The number of phenols is 2. The molecule has 0 aliphatic heterocycles. The van der Waals surface area contributed by atoms with Crippen molar-refractivity contribution in [2.75, 3.05) is 0 Å². The topological polar surface area (TPSA) is 40.5 Å². The molecule has 0 radical (unpaired) electrons. The molecule has 6 aromatic carbocycles. The van der Waals surface area contributed by atoms with Gasteiger partial charge >= 0.3 is 0 Å². The Morgan fingerprint density at radius 1 is 0.468 bits per heavy atom. The Kier molecular flexibility index (Phi) is 7.98. The standard InChI is InChI=1S/C45H42O2/c1-31-28-44(2,3)30-45(29-31,36-24-38(32-16-8-4-9-17-32)42(46)39(25-36)33-18-10-5-11-19-33)37-26-40(34-20-12-6-13-21-34)43(47)41(27-37)35-22-14-7-15-23-35/h4-27,31,46-47H,28-30H2,1-3H3. The molecule has 47 heavy (non-hydrogen) atoms. The summed E-state index contributed by atoms with van der Waals surface area (Å²) < 4.78 is 0. The Morgan fingerprint density at radius 3 is 1.04 bits per heavy atom. The first-order valence-corrected chi connectivity index (χ1v) is 16.7. The number of aromatic hydroxyl groups is 2. The first-order valence-electron chi connectivity index (χ1n) is 16.7. The molecule has 7 rings (SSSR count). The lowest BCUT2D eigenvalue weighted by atomic mass is 9.55. The van der Waals surface area contributed by atoms with Gasteiger partial charge in [0.05, 0.1) is 0 Å². The van der Waals surface area contributed by atoms with Crippen molar-refractivity contribution < 1.29 is 10.2 Å². The minimum atomic E-state index is -0.386. The molecule has 1 aliphatic rings. The van der Waals surface area contributed by atoms with E-state index < -0.39 is 0 Å².